The number of aliphatic hydroxyl groups excluding tert-OH is 1. The topological polar surface area (TPSA) is 108 Å². The summed E-state index contributed by atoms with van der Waals surface area (Å²) in [6.45, 7) is 2.02. The molecule has 0 spiro atoms. The van der Waals surface area contributed by atoms with E-state index in [4.69, 9.17) is 5.73 Å². The molecule has 1 atom stereocenters. The van der Waals surface area contributed by atoms with Crippen LogP contribution in [0.15, 0.2) is 42.5 Å². The van der Waals surface area contributed by atoms with Crippen LogP contribution in [0, 0.1) is 0 Å². The third kappa shape index (κ3) is 4.51. The van der Waals surface area contributed by atoms with Gasteiger partial charge in [0.05, 0.1) is 12.7 Å². The Balaban J connectivity index is 1.64. The molecule has 2 aromatic rings. The van der Waals surface area contributed by atoms with Crippen LogP contribution in [-0.4, -0.2) is 41.2 Å². The number of rotatable bonds is 6. The predicted molar refractivity (Wildman–Crippen MR) is 105 cm³/mol. The minimum atomic E-state index is -0.832. The van der Waals surface area contributed by atoms with Crippen molar-refractivity contribution in [3.8, 4) is 5.75 Å². The summed E-state index contributed by atoms with van der Waals surface area (Å²) in [4.78, 5) is 18.3. The number of hydrogen-bond acceptors (Lipinski definition) is 6. The van der Waals surface area contributed by atoms with Crippen LogP contribution in [0.3, 0.4) is 0 Å². The number of nitrogens with two attached hydrogens (primary N) is 1. The number of nitrogens with one attached hydrogen (secondary N) is 1. The smallest absolute Gasteiger partial charge is 0.278 e. The van der Waals surface area contributed by atoms with Crippen molar-refractivity contribution in [3.63, 3.8) is 0 Å². The van der Waals surface area contributed by atoms with Crippen LogP contribution in [0.1, 0.15) is 52.0 Å². The van der Waals surface area contributed by atoms with Crippen molar-refractivity contribution in [3.05, 3.63) is 64.7 Å². The Labute approximate surface area is 164 Å². The normalized spacial score (nSPS) is 16.7. The van der Waals surface area contributed by atoms with Gasteiger partial charge in [-0.1, -0.05) is 30.3 Å². The molecule has 0 radical (unpaired) electrons. The van der Waals surface area contributed by atoms with Gasteiger partial charge in [-0.15, -0.1) is 0 Å². The first kappa shape index (κ1) is 20.3. The van der Waals surface area contributed by atoms with E-state index in [1.807, 2.05) is 17.0 Å². The van der Waals surface area contributed by atoms with Gasteiger partial charge >= 0.3 is 0 Å². The van der Waals surface area contributed by atoms with Crippen LogP contribution in [0.2, 0.25) is 0 Å². The van der Waals surface area contributed by atoms with Crippen molar-refractivity contribution in [1.29, 1.82) is 0 Å². The molecule has 7 nitrogen and oxygen atoms in total. The lowest BCUT2D eigenvalue weighted by molar-refractivity contribution is -0.0133. The van der Waals surface area contributed by atoms with Crippen LogP contribution in [0.4, 0.5) is 0 Å². The van der Waals surface area contributed by atoms with E-state index in [0.717, 1.165) is 31.5 Å². The second-order valence-corrected chi connectivity index (χ2v) is 7.04. The molecule has 0 aliphatic carbocycles. The van der Waals surface area contributed by atoms with Gasteiger partial charge in [0, 0.05) is 19.6 Å². The zero-order chi connectivity index (χ0) is 20.1. The number of aromatic hydroxyl groups is 1. The molecular weight excluding hydrogens is 358 g/mol. The first-order valence-electron chi connectivity index (χ1n) is 9.40. The Hall–Kier alpha value is -2.45. The molecule has 0 saturated carbocycles. The molecule has 3 rings (SSSR count). The fourth-order valence-electron chi connectivity index (χ4n) is 3.71. The second kappa shape index (κ2) is 9.16. The SMILES string of the molecule is CONC(=O)c1ccc(C(O)N2CCC(c3cccc(CN)c3)CC2)cc1O. The third-order valence-electron chi connectivity index (χ3n) is 5.29. The van der Waals surface area contributed by atoms with Crippen molar-refractivity contribution in [2.75, 3.05) is 20.2 Å². The van der Waals surface area contributed by atoms with Gasteiger partial charge in [-0.25, -0.2) is 5.48 Å². The monoisotopic (exact) mass is 385 g/mol. The Morgan fingerprint density at radius 3 is 2.68 bits per heavy atom. The Morgan fingerprint density at radius 1 is 1.29 bits per heavy atom. The van der Waals surface area contributed by atoms with Crippen LogP contribution in [0.25, 0.3) is 0 Å². The fraction of sp³-hybridized carbons (Fsp3) is 0.381. The minimum absolute atomic E-state index is 0.0938. The quantitative estimate of drug-likeness (QED) is 0.567. The number of likely N-dealkylation sites (tertiary alicyclic amines) is 1. The number of nitrogens with zero attached hydrogens (tertiary/aromatic N) is 1. The Morgan fingerprint density at radius 2 is 2.04 bits per heavy atom. The van der Waals surface area contributed by atoms with Gasteiger partial charge in [-0.05, 0) is 47.6 Å². The standard InChI is InChI=1S/C21H27N3O4/c1-28-23-20(26)18-6-5-17(12-19(18)25)21(27)24-9-7-15(8-10-24)16-4-2-3-14(11-16)13-22/h2-6,11-12,15,21,25,27H,7-10,13,22H2,1H3,(H,23,26). The molecule has 2 aromatic carbocycles. The van der Waals surface area contributed by atoms with Gasteiger partial charge in [0.1, 0.15) is 12.0 Å². The summed E-state index contributed by atoms with van der Waals surface area (Å²) in [5, 5.41) is 20.8. The number of phenolic OH excluding ortho intramolecular Hbond substituents is 1. The summed E-state index contributed by atoms with van der Waals surface area (Å²) in [7, 11) is 1.32. The van der Waals surface area contributed by atoms with Crippen molar-refractivity contribution >= 4 is 5.91 Å². The van der Waals surface area contributed by atoms with Gasteiger partial charge in [-0.3, -0.25) is 14.5 Å². The molecule has 150 valence electrons. The van der Waals surface area contributed by atoms with Crippen LogP contribution in [0.5, 0.6) is 5.75 Å². The second-order valence-electron chi connectivity index (χ2n) is 7.04. The molecular formula is C21H27N3O4. The van der Waals surface area contributed by atoms with E-state index in [0.29, 0.717) is 18.0 Å². The van der Waals surface area contributed by atoms with E-state index in [2.05, 4.69) is 22.5 Å². The molecule has 1 amide bonds. The molecule has 5 N–H and O–H groups in total. The molecule has 1 unspecified atom stereocenters. The van der Waals surface area contributed by atoms with E-state index >= 15 is 0 Å². The highest BCUT2D eigenvalue weighted by Gasteiger charge is 2.26. The average molecular weight is 385 g/mol. The number of carbonyl (C=O) groups is 1. The molecule has 1 fully saturated rings. The van der Waals surface area contributed by atoms with Gasteiger partial charge in [-0.2, -0.15) is 0 Å². The summed E-state index contributed by atoms with van der Waals surface area (Å²) in [5.41, 5.74) is 11.0. The molecule has 1 aliphatic rings. The number of piperidine rings is 1. The minimum Gasteiger partial charge on any atom is -0.507 e. The van der Waals surface area contributed by atoms with Crippen LogP contribution >= 0.6 is 0 Å². The lowest BCUT2D eigenvalue weighted by atomic mass is 9.88. The number of hydrogen-bond donors (Lipinski definition) is 4. The van der Waals surface area contributed by atoms with Gasteiger partial charge in [0.25, 0.3) is 5.91 Å². The maximum atomic E-state index is 11.8. The predicted octanol–water partition coefficient (Wildman–Crippen LogP) is 2.01. The van der Waals surface area contributed by atoms with E-state index in [9.17, 15) is 15.0 Å². The molecule has 0 bridgehead atoms. The number of aliphatic hydroxyl groups is 1. The molecule has 0 aromatic heterocycles. The van der Waals surface area contributed by atoms with Crippen molar-refractivity contribution in [2.45, 2.75) is 31.5 Å². The summed E-state index contributed by atoms with van der Waals surface area (Å²) >= 11 is 0. The van der Waals surface area contributed by atoms with E-state index < -0.39 is 12.1 Å². The summed E-state index contributed by atoms with van der Waals surface area (Å²) in [6, 6.07) is 12.9. The first-order valence-corrected chi connectivity index (χ1v) is 9.40. The molecule has 1 heterocycles. The highest BCUT2D eigenvalue weighted by molar-refractivity contribution is 5.96. The number of phenols is 1. The summed E-state index contributed by atoms with van der Waals surface area (Å²) < 4.78 is 0. The van der Waals surface area contributed by atoms with E-state index in [-0.39, 0.29) is 11.3 Å². The number of hydroxylamine groups is 1. The molecule has 1 aliphatic heterocycles. The van der Waals surface area contributed by atoms with Crippen LogP contribution < -0.4 is 11.2 Å². The lowest BCUT2D eigenvalue weighted by Gasteiger charge is -2.35. The van der Waals surface area contributed by atoms with Gasteiger partial charge < -0.3 is 15.9 Å². The van der Waals surface area contributed by atoms with Crippen LogP contribution in [-0.2, 0) is 11.4 Å². The van der Waals surface area contributed by atoms with E-state index in [1.165, 1.54) is 24.8 Å². The zero-order valence-corrected chi connectivity index (χ0v) is 16.0. The number of amides is 1. The first-order chi connectivity index (χ1) is 13.5. The van der Waals surface area contributed by atoms with Crippen molar-refractivity contribution in [1.82, 2.24) is 10.4 Å². The fourth-order valence-corrected chi connectivity index (χ4v) is 3.71. The molecule has 28 heavy (non-hydrogen) atoms. The third-order valence-corrected chi connectivity index (χ3v) is 5.29. The summed E-state index contributed by atoms with van der Waals surface area (Å²) in [5.74, 6) is -0.287. The average Bonchev–Trinajstić information content (AvgIpc) is 2.73. The molecule has 1 saturated heterocycles. The van der Waals surface area contributed by atoms with Crippen molar-refractivity contribution in [2.24, 2.45) is 5.73 Å². The maximum Gasteiger partial charge on any atom is 0.278 e. The zero-order valence-electron chi connectivity index (χ0n) is 16.0. The molecule has 7 heteroatoms. The lowest BCUT2D eigenvalue weighted by Crippen LogP contribution is -2.36. The van der Waals surface area contributed by atoms with Gasteiger partial charge in [0.2, 0.25) is 0 Å². The van der Waals surface area contributed by atoms with Crippen molar-refractivity contribution < 1.29 is 19.8 Å². The maximum absolute atomic E-state index is 11.8. The number of carbonyl (C=O) groups excluding carboxylic acids is 1. The van der Waals surface area contributed by atoms with E-state index in [1.54, 1.807) is 6.07 Å². The Kier molecular flexibility index (Phi) is 6.64. The highest BCUT2D eigenvalue weighted by Crippen LogP contribution is 2.33. The summed E-state index contributed by atoms with van der Waals surface area (Å²) in [6.07, 6.45) is 1.04. The number of benzene rings is 2. The highest BCUT2D eigenvalue weighted by atomic mass is 16.6. The Bertz CT molecular complexity index is 819. The largest absolute Gasteiger partial charge is 0.507 e. The van der Waals surface area contributed by atoms with Gasteiger partial charge in [0.15, 0.2) is 0 Å².